The van der Waals surface area contributed by atoms with Crippen LogP contribution < -0.4 is 15.4 Å². The first-order valence-electron chi connectivity index (χ1n) is 10.1. The molecule has 10 heteroatoms. The van der Waals surface area contributed by atoms with Crippen molar-refractivity contribution in [3.05, 3.63) is 58.9 Å². The number of carbonyl (C=O) groups is 2. The van der Waals surface area contributed by atoms with Crippen LogP contribution in [0.5, 0.6) is 5.75 Å². The van der Waals surface area contributed by atoms with Gasteiger partial charge in [0.15, 0.2) is 17.9 Å². The second-order valence-electron chi connectivity index (χ2n) is 7.49. The molecule has 4 amide bonds. The molecule has 1 aliphatic heterocycles. The van der Waals surface area contributed by atoms with Gasteiger partial charge in [0.1, 0.15) is 0 Å². The Morgan fingerprint density at radius 3 is 2.53 bits per heavy atom. The van der Waals surface area contributed by atoms with Crippen LogP contribution in [0.1, 0.15) is 19.4 Å². The van der Waals surface area contributed by atoms with Crippen LogP contribution in [-0.4, -0.2) is 54.5 Å². The quantitative estimate of drug-likeness (QED) is 0.579. The molecule has 1 aliphatic rings. The van der Waals surface area contributed by atoms with E-state index in [-0.39, 0.29) is 31.5 Å². The molecule has 3 rings (SSSR count). The molecule has 1 fully saturated rings. The number of ether oxygens (including phenoxy) is 2. The molecule has 0 radical (unpaired) electrons. The van der Waals surface area contributed by atoms with E-state index in [2.05, 4.69) is 10.6 Å². The largest absolute Gasteiger partial charge is 0.488 e. The molecule has 2 N–H and O–H groups in total. The lowest BCUT2D eigenvalue weighted by Crippen LogP contribution is -2.67. The fraction of sp³-hybridized carbons (Fsp3) is 0.364. The van der Waals surface area contributed by atoms with Gasteiger partial charge in [-0.3, -0.25) is 10.2 Å². The Bertz CT molecular complexity index is 957. The number of carbonyl (C=O) groups excluding carboxylic acids is 2. The zero-order valence-corrected chi connectivity index (χ0v) is 18.9. The number of anilines is 1. The summed E-state index contributed by atoms with van der Waals surface area (Å²) in [7, 11) is 1.49. The lowest BCUT2D eigenvalue weighted by atomic mass is 10.2. The molecular formula is C22H26ClFN4O4. The number of nitrogens with zero attached hydrogens (tertiary/aromatic N) is 2. The lowest BCUT2D eigenvalue weighted by Gasteiger charge is -2.41. The predicted molar refractivity (Wildman–Crippen MR) is 119 cm³/mol. The Morgan fingerprint density at radius 2 is 1.91 bits per heavy atom. The molecule has 0 aromatic heterocycles. The highest BCUT2D eigenvalue weighted by Crippen LogP contribution is 2.24. The molecule has 1 saturated heterocycles. The summed E-state index contributed by atoms with van der Waals surface area (Å²) in [5, 5.41) is 6.33. The number of benzene rings is 2. The SMILES string of the molecule is COCCN1C(=O)NC(Nc2ccc(OC(C)C)c(F)c2)N(Cc2ccc(Cl)cc2)C1=O. The van der Waals surface area contributed by atoms with Crippen LogP contribution in [0.15, 0.2) is 42.5 Å². The molecule has 0 bridgehead atoms. The summed E-state index contributed by atoms with van der Waals surface area (Å²) in [6.45, 7) is 4.10. The minimum Gasteiger partial charge on any atom is -0.488 e. The number of urea groups is 2. The van der Waals surface area contributed by atoms with Gasteiger partial charge in [-0.05, 0) is 43.7 Å². The average molecular weight is 465 g/mol. The Labute approximate surface area is 191 Å². The van der Waals surface area contributed by atoms with Crippen molar-refractivity contribution >= 4 is 29.4 Å². The molecule has 1 heterocycles. The van der Waals surface area contributed by atoms with Crippen molar-refractivity contribution in [3.63, 3.8) is 0 Å². The number of hydrogen-bond acceptors (Lipinski definition) is 5. The van der Waals surface area contributed by atoms with Gasteiger partial charge in [-0.25, -0.2) is 18.9 Å². The van der Waals surface area contributed by atoms with Gasteiger partial charge in [-0.1, -0.05) is 23.7 Å². The van der Waals surface area contributed by atoms with E-state index in [1.807, 2.05) is 0 Å². The number of amides is 4. The minimum atomic E-state index is -0.902. The van der Waals surface area contributed by atoms with Crippen molar-refractivity contribution in [2.45, 2.75) is 32.8 Å². The van der Waals surface area contributed by atoms with Gasteiger partial charge < -0.3 is 14.8 Å². The molecule has 32 heavy (non-hydrogen) atoms. The summed E-state index contributed by atoms with van der Waals surface area (Å²) in [4.78, 5) is 28.2. The fourth-order valence-corrected chi connectivity index (χ4v) is 3.29. The van der Waals surface area contributed by atoms with Gasteiger partial charge in [0.05, 0.1) is 25.8 Å². The van der Waals surface area contributed by atoms with E-state index in [9.17, 15) is 14.0 Å². The van der Waals surface area contributed by atoms with Crippen LogP contribution in [-0.2, 0) is 11.3 Å². The van der Waals surface area contributed by atoms with Gasteiger partial charge >= 0.3 is 12.1 Å². The average Bonchev–Trinajstić information content (AvgIpc) is 2.74. The highest BCUT2D eigenvalue weighted by atomic mass is 35.5. The van der Waals surface area contributed by atoms with E-state index in [0.29, 0.717) is 10.7 Å². The van der Waals surface area contributed by atoms with Crippen LogP contribution in [0.25, 0.3) is 0 Å². The molecule has 8 nitrogen and oxygen atoms in total. The summed E-state index contributed by atoms with van der Waals surface area (Å²) in [5.74, 6) is -0.429. The van der Waals surface area contributed by atoms with Crippen LogP contribution >= 0.6 is 11.6 Å². The number of imide groups is 1. The van der Waals surface area contributed by atoms with Crippen LogP contribution in [0.2, 0.25) is 5.02 Å². The Hall–Kier alpha value is -3.04. The first-order valence-corrected chi connectivity index (χ1v) is 10.5. The summed E-state index contributed by atoms with van der Waals surface area (Å²) in [6, 6.07) is 10.3. The van der Waals surface area contributed by atoms with Gasteiger partial charge in [0.25, 0.3) is 0 Å². The lowest BCUT2D eigenvalue weighted by molar-refractivity contribution is 0.0931. The Morgan fingerprint density at radius 1 is 1.19 bits per heavy atom. The summed E-state index contributed by atoms with van der Waals surface area (Å²) in [5.41, 5.74) is 1.19. The van der Waals surface area contributed by atoms with Crippen LogP contribution in [0.3, 0.4) is 0 Å². The molecule has 0 spiro atoms. The van der Waals surface area contributed by atoms with E-state index < -0.39 is 24.2 Å². The molecule has 0 aliphatic carbocycles. The summed E-state index contributed by atoms with van der Waals surface area (Å²) in [6.07, 6.45) is -1.08. The Kier molecular flexibility index (Phi) is 7.76. The molecule has 1 atom stereocenters. The van der Waals surface area contributed by atoms with E-state index in [1.54, 1.807) is 44.2 Å². The monoisotopic (exact) mass is 464 g/mol. The predicted octanol–water partition coefficient (Wildman–Crippen LogP) is 4.26. The highest BCUT2D eigenvalue weighted by Gasteiger charge is 2.38. The Balaban J connectivity index is 1.84. The van der Waals surface area contributed by atoms with Crippen molar-refractivity contribution in [2.24, 2.45) is 0 Å². The molecular weight excluding hydrogens is 439 g/mol. The zero-order valence-electron chi connectivity index (χ0n) is 18.1. The van der Waals surface area contributed by atoms with Crippen LogP contribution in [0.4, 0.5) is 19.7 Å². The van der Waals surface area contributed by atoms with E-state index >= 15 is 0 Å². The van der Waals surface area contributed by atoms with Crippen molar-refractivity contribution in [2.75, 3.05) is 25.6 Å². The number of methoxy groups -OCH3 is 1. The highest BCUT2D eigenvalue weighted by molar-refractivity contribution is 6.30. The smallest absolute Gasteiger partial charge is 0.331 e. The third-order valence-electron chi connectivity index (χ3n) is 4.68. The van der Waals surface area contributed by atoms with E-state index in [4.69, 9.17) is 21.1 Å². The standard InChI is InChI=1S/C22H26ClFN4O4/c1-14(2)32-19-9-8-17(12-18(19)24)25-20-26-21(29)27(10-11-31-3)22(30)28(20)13-15-4-6-16(23)7-5-15/h4-9,12,14,20,25H,10-11,13H2,1-3H3,(H,26,29). The second kappa shape index (κ2) is 10.5. The summed E-state index contributed by atoms with van der Waals surface area (Å²) >= 11 is 5.96. The van der Waals surface area contributed by atoms with E-state index in [1.165, 1.54) is 24.1 Å². The normalized spacial score (nSPS) is 16.4. The summed E-state index contributed by atoms with van der Waals surface area (Å²) < 4.78 is 24.9. The maximum Gasteiger partial charge on any atom is 0.331 e. The maximum atomic E-state index is 14.4. The maximum absolute atomic E-state index is 14.4. The van der Waals surface area contributed by atoms with E-state index in [0.717, 1.165) is 10.5 Å². The van der Waals surface area contributed by atoms with Crippen molar-refractivity contribution in [3.8, 4) is 5.75 Å². The van der Waals surface area contributed by atoms with Gasteiger partial charge in [0, 0.05) is 23.9 Å². The third-order valence-corrected chi connectivity index (χ3v) is 4.93. The van der Waals surface area contributed by atoms with Crippen molar-refractivity contribution in [1.82, 2.24) is 15.1 Å². The zero-order chi connectivity index (χ0) is 23.3. The first-order chi connectivity index (χ1) is 15.3. The molecule has 1 unspecified atom stereocenters. The van der Waals surface area contributed by atoms with Crippen molar-refractivity contribution in [1.29, 1.82) is 0 Å². The fourth-order valence-electron chi connectivity index (χ4n) is 3.16. The third kappa shape index (κ3) is 5.80. The molecule has 0 saturated carbocycles. The first kappa shape index (κ1) is 23.6. The molecule has 172 valence electrons. The van der Waals surface area contributed by atoms with Crippen LogP contribution in [0, 0.1) is 5.82 Å². The second-order valence-corrected chi connectivity index (χ2v) is 7.93. The van der Waals surface area contributed by atoms with Crippen molar-refractivity contribution < 1.29 is 23.5 Å². The molecule has 2 aromatic carbocycles. The number of halogens is 2. The van der Waals surface area contributed by atoms with Gasteiger partial charge in [-0.2, -0.15) is 0 Å². The minimum absolute atomic E-state index is 0.0981. The van der Waals surface area contributed by atoms with Gasteiger partial charge in [-0.15, -0.1) is 0 Å². The topological polar surface area (TPSA) is 83.1 Å². The van der Waals surface area contributed by atoms with Gasteiger partial charge in [0.2, 0.25) is 0 Å². The number of rotatable bonds is 9. The number of hydrogen-bond donors (Lipinski definition) is 2. The molecule has 2 aromatic rings. The number of nitrogens with one attached hydrogen (secondary N) is 2.